The zero-order chi connectivity index (χ0) is 8.10. The molecule has 4 nitrogen and oxygen atoms in total. The lowest BCUT2D eigenvalue weighted by atomic mass is 10.4. The summed E-state index contributed by atoms with van der Waals surface area (Å²) in [6.07, 6.45) is 2.91. The summed E-state index contributed by atoms with van der Waals surface area (Å²) in [5.74, 6) is 0. The molecular formula is C6H13N4P. The Kier molecular flexibility index (Phi) is 3.46. The van der Waals surface area contributed by atoms with Gasteiger partial charge in [0.25, 0.3) is 0 Å². The molecule has 1 heterocycles. The van der Waals surface area contributed by atoms with Crippen LogP contribution in [0.4, 0.5) is 0 Å². The van der Waals surface area contributed by atoms with E-state index in [9.17, 15) is 0 Å². The molecule has 1 unspecified atom stereocenters. The molecule has 0 saturated carbocycles. The summed E-state index contributed by atoms with van der Waals surface area (Å²) in [6.45, 7) is 4.02. The Morgan fingerprint density at radius 1 is 1.73 bits per heavy atom. The van der Waals surface area contributed by atoms with Crippen molar-refractivity contribution >= 4 is 9.39 Å². The van der Waals surface area contributed by atoms with Gasteiger partial charge in [0, 0.05) is 6.54 Å². The van der Waals surface area contributed by atoms with Crippen molar-refractivity contribution in [3.8, 4) is 0 Å². The molecule has 62 valence electrons. The third-order valence-corrected chi connectivity index (χ3v) is 1.82. The average molecular weight is 172 g/mol. The van der Waals surface area contributed by atoms with Crippen LogP contribution in [0.5, 0.6) is 0 Å². The van der Waals surface area contributed by atoms with Crippen molar-refractivity contribution in [2.24, 2.45) is 0 Å². The third kappa shape index (κ3) is 2.56. The average Bonchev–Trinajstić information content (AvgIpc) is 2.37. The van der Waals surface area contributed by atoms with Crippen molar-refractivity contribution in [2.45, 2.75) is 19.9 Å². The molecule has 1 aromatic rings. The molecule has 0 aliphatic heterocycles. The summed E-state index contributed by atoms with van der Waals surface area (Å²) in [4.78, 5) is 0. The monoisotopic (exact) mass is 172 g/mol. The fourth-order valence-electron chi connectivity index (χ4n) is 0.785. The van der Waals surface area contributed by atoms with Gasteiger partial charge >= 0.3 is 0 Å². The standard InChI is InChI=1S/C6H13N4P/c1-2-3-7-4-6-5-8-9-10(6)11/h5,7H,2-4,11H2,1H3. The van der Waals surface area contributed by atoms with Gasteiger partial charge in [-0.25, -0.2) is 4.45 Å². The van der Waals surface area contributed by atoms with Crippen LogP contribution < -0.4 is 5.32 Å². The quantitative estimate of drug-likeness (QED) is 0.528. The zero-order valence-corrected chi connectivity index (χ0v) is 7.77. The Bertz CT molecular complexity index is 210. The van der Waals surface area contributed by atoms with E-state index >= 15 is 0 Å². The fraction of sp³-hybridized carbons (Fsp3) is 0.667. The minimum absolute atomic E-state index is 0.838. The van der Waals surface area contributed by atoms with Crippen molar-refractivity contribution in [1.29, 1.82) is 0 Å². The van der Waals surface area contributed by atoms with Crippen LogP contribution in [0.15, 0.2) is 6.20 Å². The highest BCUT2D eigenvalue weighted by molar-refractivity contribution is 7.14. The lowest BCUT2D eigenvalue weighted by molar-refractivity contribution is 0.656. The lowest BCUT2D eigenvalue weighted by Crippen LogP contribution is -2.15. The number of nitrogens with one attached hydrogen (secondary N) is 1. The highest BCUT2D eigenvalue weighted by Crippen LogP contribution is 1.98. The van der Waals surface area contributed by atoms with Crippen molar-refractivity contribution in [3.05, 3.63) is 11.9 Å². The Hall–Kier alpha value is -0.470. The Balaban J connectivity index is 2.32. The molecule has 0 amide bonds. The third-order valence-electron chi connectivity index (χ3n) is 1.38. The van der Waals surface area contributed by atoms with Gasteiger partial charge in [0.15, 0.2) is 0 Å². The first-order valence-electron chi connectivity index (χ1n) is 3.70. The predicted octanol–water partition coefficient (Wildman–Crippen LogP) is 0.416. The molecular weight excluding hydrogens is 159 g/mol. The molecule has 0 saturated heterocycles. The number of hydrogen-bond acceptors (Lipinski definition) is 3. The maximum absolute atomic E-state index is 3.78. The highest BCUT2D eigenvalue weighted by atomic mass is 31.0. The van der Waals surface area contributed by atoms with Crippen LogP contribution in [0.3, 0.4) is 0 Å². The van der Waals surface area contributed by atoms with Crippen LogP contribution in [0.1, 0.15) is 19.0 Å². The normalized spacial score (nSPS) is 10.4. The van der Waals surface area contributed by atoms with Gasteiger partial charge < -0.3 is 5.32 Å². The van der Waals surface area contributed by atoms with E-state index in [0.29, 0.717) is 0 Å². The van der Waals surface area contributed by atoms with Gasteiger partial charge in [0.05, 0.1) is 11.9 Å². The molecule has 0 bridgehead atoms. The van der Waals surface area contributed by atoms with Crippen molar-refractivity contribution in [1.82, 2.24) is 20.1 Å². The predicted molar refractivity (Wildman–Crippen MR) is 47.1 cm³/mol. The first kappa shape index (κ1) is 8.62. The van der Waals surface area contributed by atoms with Gasteiger partial charge in [-0.3, -0.25) is 0 Å². The smallest absolute Gasteiger partial charge is 0.0759 e. The van der Waals surface area contributed by atoms with Crippen molar-refractivity contribution in [3.63, 3.8) is 0 Å². The highest BCUT2D eigenvalue weighted by Gasteiger charge is 1.96. The van der Waals surface area contributed by atoms with Gasteiger partial charge in [-0.2, -0.15) is 0 Å². The maximum atomic E-state index is 3.78. The molecule has 0 aliphatic carbocycles. The second-order valence-corrected chi connectivity index (χ2v) is 2.84. The molecule has 1 rings (SSSR count). The molecule has 0 spiro atoms. The lowest BCUT2D eigenvalue weighted by Gasteiger charge is -2.00. The zero-order valence-electron chi connectivity index (χ0n) is 6.62. The van der Waals surface area contributed by atoms with E-state index in [2.05, 4.69) is 31.9 Å². The SMILES string of the molecule is CCCNCc1cnnn1P. The summed E-state index contributed by atoms with van der Waals surface area (Å²) in [5.41, 5.74) is 1.09. The summed E-state index contributed by atoms with van der Waals surface area (Å²) < 4.78 is 1.70. The van der Waals surface area contributed by atoms with Gasteiger partial charge in [-0.05, 0) is 22.4 Å². The number of rotatable bonds is 4. The van der Waals surface area contributed by atoms with Crippen LogP contribution in [0, 0.1) is 0 Å². The van der Waals surface area contributed by atoms with Gasteiger partial charge in [0.1, 0.15) is 0 Å². The molecule has 1 atom stereocenters. The molecule has 1 N–H and O–H groups in total. The van der Waals surface area contributed by atoms with Crippen LogP contribution in [0.25, 0.3) is 0 Å². The molecule has 0 radical (unpaired) electrons. The first-order chi connectivity index (χ1) is 5.34. The Morgan fingerprint density at radius 2 is 2.55 bits per heavy atom. The van der Waals surface area contributed by atoms with E-state index in [4.69, 9.17) is 0 Å². The van der Waals surface area contributed by atoms with E-state index in [1.807, 2.05) is 0 Å². The summed E-state index contributed by atoms with van der Waals surface area (Å²) in [6, 6.07) is 0. The topological polar surface area (TPSA) is 42.7 Å². The molecule has 1 aromatic heterocycles. The number of hydrogen-bond donors (Lipinski definition) is 1. The molecule has 11 heavy (non-hydrogen) atoms. The van der Waals surface area contributed by atoms with Crippen LogP contribution in [0.2, 0.25) is 0 Å². The second kappa shape index (κ2) is 4.42. The summed E-state index contributed by atoms with van der Waals surface area (Å²) in [5, 5.41) is 10.8. The van der Waals surface area contributed by atoms with Gasteiger partial charge in [-0.15, -0.1) is 5.10 Å². The largest absolute Gasteiger partial charge is 0.311 e. The fourth-order valence-corrected chi connectivity index (χ4v) is 1.00. The van der Waals surface area contributed by atoms with Crippen molar-refractivity contribution < 1.29 is 0 Å². The first-order valence-corrected chi connectivity index (χ1v) is 4.21. The maximum Gasteiger partial charge on any atom is 0.0759 e. The van der Waals surface area contributed by atoms with E-state index in [0.717, 1.165) is 25.2 Å². The van der Waals surface area contributed by atoms with Crippen LogP contribution in [-0.2, 0) is 6.54 Å². The van der Waals surface area contributed by atoms with E-state index in [1.54, 1.807) is 10.6 Å². The minimum atomic E-state index is 0.838. The van der Waals surface area contributed by atoms with E-state index in [1.165, 1.54) is 0 Å². The summed E-state index contributed by atoms with van der Waals surface area (Å²) in [7, 11) is 2.49. The minimum Gasteiger partial charge on any atom is -0.311 e. The molecule has 0 fully saturated rings. The van der Waals surface area contributed by atoms with Crippen LogP contribution in [-0.4, -0.2) is 21.3 Å². The van der Waals surface area contributed by atoms with E-state index in [-0.39, 0.29) is 0 Å². The van der Waals surface area contributed by atoms with E-state index < -0.39 is 0 Å². The van der Waals surface area contributed by atoms with Gasteiger partial charge in [-0.1, -0.05) is 12.1 Å². The van der Waals surface area contributed by atoms with Gasteiger partial charge in [0.2, 0.25) is 0 Å². The van der Waals surface area contributed by atoms with Crippen molar-refractivity contribution in [2.75, 3.05) is 6.54 Å². The molecule has 0 aromatic carbocycles. The molecule has 0 aliphatic rings. The second-order valence-electron chi connectivity index (χ2n) is 2.35. The molecule has 5 heteroatoms. The Labute approximate surface area is 68.6 Å². The summed E-state index contributed by atoms with van der Waals surface area (Å²) >= 11 is 0. The number of aromatic nitrogens is 3. The number of nitrogens with zero attached hydrogens (tertiary/aromatic N) is 3. The van der Waals surface area contributed by atoms with Crippen LogP contribution >= 0.6 is 9.39 Å². The Morgan fingerprint density at radius 3 is 3.09 bits per heavy atom.